The standard InChI is InChI=1S/C19H23N3O3S/c1-10(2)6-12-4-5-14(26-12)19(24)22-8-11-7-13(22)15(11)17-16(18(23)20-3)21-9-25-17/h4-5,9-11,13,15H,6-8H2,1-3H3,(H,20,23). The van der Waals surface area contributed by atoms with Crippen LogP contribution in [0.3, 0.4) is 0 Å². The minimum Gasteiger partial charge on any atom is -0.447 e. The summed E-state index contributed by atoms with van der Waals surface area (Å²) < 4.78 is 5.55. The summed E-state index contributed by atoms with van der Waals surface area (Å²) in [6, 6.07) is 4.11. The van der Waals surface area contributed by atoms with Crippen LogP contribution in [0.15, 0.2) is 22.9 Å². The average Bonchev–Trinajstić information content (AvgIpc) is 3.35. The van der Waals surface area contributed by atoms with E-state index in [2.05, 4.69) is 30.2 Å². The van der Waals surface area contributed by atoms with Crippen LogP contribution in [0.25, 0.3) is 0 Å². The molecule has 2 amide bonds. The van der Waals surface area contributed by atoms with E-state index in [9.17, 15) is 9.59 Å². The van der Waals surface area contributed by atoms with Gasteiger partial charge in [-0.3, -0.25) is 9.59 Å². The molecule has 26 heavy (non-hydrogen) atoms. The molecule has 3 atom stereocenters. The number of hydrogen-bond donors (Lipinski definition) is 1. The van der Waals surface area contributed by atoms with Gasteiger partial charge in [0.2, 0.25) is 0 Å². The van der Waals surface area contributed by atoms with Crippen LogP contribution in [0.1, 0.15) is 57.0 Å². The van der Waals surface area contributed by atoms with Crippen molar-refractivity contribution in [3.05, 3.63) is 39.7 Å². The van der Waals surface area contributed by atoms with Gasteiger partial charge in [0.05, 0.1) is 4.88 Å². The molecule has 3 aliphatic rings. The normalized spacial score (nSPS) is 24.0. The first-order valence-electron chi connectivity index (χ1n) is 9.04. The third-order valence-electron chi connectivity index (χ3n) is 5.38. The molecule has 7 heteroatoms. The lowest BCUT2D eigenvalue weighted by atomic mass is 9.72. The van der Waals surface area contributed by atoms with Gasteiger partial charge in [-0.05, 0) is 36.8 Å². The van der Waals surface area contributed by atoms with Crippen molar-refractivity contribution in [2.75, 3.05) is 13.6 Å². The zero-order chi connectivity index (χ0) is 18.4. The third-order valence-corrected chi connectivity index (χ3v) is 6.48. The second-order valence-electron chi connectivity index (χ2n) is 7.55. The number of amides is 2. The number of nitrogens with zero attached hydrogens (tertiary/aromatic N) is 2. The quantitative estimate of drug-likeness (QED) is 0.874. The number of carbonyl (C=O) groups is 2. The lowest BCUT2D eigenvalue weighted by molar-refractivity contribution is 0.0734. The van der Waals surface area contributed by atoms with Gasteiger partial charge in [0.15, 0.2) is 12.1 Å². The Morgan fingerprint density at radius 2 is 2.23 bits per heavy atom. The van der Waals surface area contributed by atoms with Gasteiger partial charge in [-0.25, -0.2) is 4.98 Å². The molecule has 6 nitrogen and oxygen atoms in total. The summed E-state index contributed by atoms with van der Waals surface area (Å²) in [5.41, 5.74) is 0.344. The summed E-state index contributed by atoms with van der Waals surface area (Å²) in [6.45, 7) is 5.09. The Morgan fingerprint density at radius 1 is 1.42 bits per heavy atom. The summed E-state index contributed by atoms with van der Waals surface area (Å²) in [4.78, 5) is 33.0. The molecule has 1 N–H and O–H groups in total. The molecule has 2 aromatic rings. The number of hydrogen-bond acceptors (Lipinski definition) is 5. The minimum atomic E-state index is -0.241. The first kappa shape index (κ1) is 17.3. The fraction of sp³-hybridized carbons (Fsp3) is 0.526. The highest BCUT2D eigenvalue weighted by atomic mass is 32.1. The number of thiophene rings is 1. The van der Waals surface area contributed by atoms with Crippen LogP contribution in [0.2, 0.25) is 0 Å². The van der Waals surface area contributed by atoms with Crippen LogP contribution in [-0.4, -0.2) is 41.3 Å². The Balaban J connectivity index is 1.51. The van der Waals surface area contributed by atoms with E-state index in [0.717, 1.165) is 24.3 Å². The second kappa shape index (κ2) is 6.54. The number of fused-ring (bicyclic) bond motifs is 1. The topological polar surface area (TPSA) is 75.4 Å². The highest BCUT2D eigenvalue weighted by Gasteiger charge is 2.56. The number of oxazole rings is 1. The molecule has 2 aliphatic heterocycles. The Morgan fingerprint density at radius 3 is 2.96 bits per heavy atom. The second-order valence-corrected chi connectivity index (χ2v) is 8.72. The third kappa shape index (κ3) is 2.74. The van der Waals surface area contributed by atoms with Crippen molar-refractivity contribution in [2.24, 2.45) is 11.8 Å². The van der Waals surface area contributed by atoms with Gasteiger partial charge >= 0.3 is 0 Å². The molecule has 2 saturated heterocycles. The van der Waals surface area contributed by atoms with E-state index in [1.807, 2.05) is 11.0 Å². The van der Waals surface area contributed by atoms with Crippen molar-refractivity contribution in [3.63, 3.8) is 0 Å². The molecule has 0 radical (unpaired) electrons. The van der Waals surface area contributed by atoms with E-state index in [4.69, 9.17) is 4.42 Å². The molecule has 3 unspecified atom stereocenters. The SMILES string of the molecule is CNC(=O)c1ncoc1C1C2CC1N(C(=O)c1ccc(CC(C)C)s1)C2. The minimum absolute atomic E-state index is 0.0730. The van der Waals surface area contributed by atoms with E-state index in [-0.39, 0.29) is 23.8 Å². The van der Waals surface area contributed by atoms with Crippen molar-refractivity contribution in [1.29, 1.82) is 0 Å². The fourth-order valence-corrected chi connectivity index (χ4v) is 5.34. The molecule has 5 rings (SSSR count). The van der Waals surface area contributed by atoms with E-state index in [1.165, 1.54) is 11.3 Å². The zero-order valence-corrected chi connectivity index (χ0v) is 16.0. The largest absolute Gasteiger partial charge is 0.447 e. The predicted molar refractivity (Wildman–Crippen MR) is 98.4 cm³/mol. The molecule has 1 aliphatic carbocycles. The van der Waals surface area contributed by atoms with Gasteiger partial charge in [0, 0.05) is 30.4 Å². The van der Waals surface area contributed by atoms with Gasteiger partial charge in [0.1, 0.15) is 5.76 Å². The maximum atomic E-state index is 13.0. The van der Waals surface area contributed by atoms with Gasteiger partial charge in [-0.2, -0.15) is 0 Å². The van der Waals surface area contributed by atoms with Crippen molar-refractivity contribution in [1.82, 2.24) is 15.2 Å². The molecule has 3 fully saturated rings. The molecule has 1 saturated carbocycles. The van der Waals surface area contributed by atoms with Crippen molar-refractivity contribution in [2.45, 2.75) is 38.6 Å². The first-order chi connectivity index (χ1) is 12.5. The first-order valence-corrected chi connectivity index (χ1v) is 9.86. The molecule has 138 valence electrons. The van der Waals surface area contributed by atoms with E-state index in [1.54, 1.807) is 18.4 Å². The summed E-state index contributed by atoms with van der Waals surface area (Å²) in [7, 11) is 1.58. The van der Waals surface area contributed by atoms with Gasteiger partial charge < -0.3 is 14.6 Å². The molecule has 0 aromatic carbocycles. The zero-order valence-electron chi connectivity index (χ0n) is 15.2. The van der Waals surface area contributed by atoms with Gasteiger partial charge in [0.25, 0.3) is 11.8 Å². The van der Waals surface area contributed by atoms with Crippen LogP contribution in [0.5, 0.6) is 0 Å². The van der Waals surface area contributed by atoms with E-state index in [0.29, 0.717) is 23.3 Å². The Bertz CT molecular complexity index is 841. The van der Waals surface area contributed by atoms with E-state index >= 15 is 0 Å². The molecular formula is C19H23N3O3S. The van der Waals surface area contributed by atoms with Crippen LogP contribution < -0.4 is 5.32 Å². The van der Waals surface area contributed by atoms with E-state index < -0.39 is 0 Å². The maximum Gasteiger partial charge on any atom is 0.273 e. The predicted octanol–water partition coefficient (Wildman–Crippen LogP) is 2.92. The maximum absolute atomic E-state index is 13.0. The van der Waals surface area contributed by atoms with Crippen molar-refractivity contribution < 1.29 is 14.0 Å². The van der Waals surface area contributed by atoms with Crippen LogP contribution >= 0.6 is 11.3 Å². The lowest BCUT2D eigenvalue weighted by Gasteiger charge is -2.35. The van der Waals surface area contributed by atoms with Crippen molar-refractivity contribution >= 4 is 23.2 Å². The Hall–Kier alpha value is -2.15. The fourth-order valence-electron chi connectivity index (χ4n) is 4.17. The van der Waals surface area contributed by atoms with Gasteiger partial charge in [-0.15, -0.1) is 11.3 Å². The molecule has 2 bridgehead atoms. The molecular weight excluding hydrogens is 350 g/mol. The van der Waals surface area contributed by atoms with Crippen LogP contribution in [-0.2, 0) is 6.42 Å². The Kier molecular flexibility index (Phi) is 4.34. The highest BCUT2D eigenvalue weighted by Crippen LogP contribution is 2.53. The molecule has 2 aromatic heterocycles. The van der Waals surface area contributed by atoms with Crippen LogP contribution in [0.4, 0.5) is 0 Å². The lowest BCUT2D eigenvalue weighted by Crippen LogP contribution is -2.40. The number of nitrogens with one attached hydrogen (secondary N) is 1. The monoisotopic (exact) mass is 373 g/mol. The summed E-state index contributed by atoms with van der Waals surface area (Å²) >= 11 is 1.60. The summed E-state index contributed by atoms with van der Waals surface area (Å²) in [5, 5.41) is 2.60. The Labute approximate surface area is 156 Å². The number of carbonyl (C=O) groups excluding carboxylic acids is 2. The summed E-state index contributed by atoms with van der Waals surface area (Å²) in [5.74, 6) is 1.47. The number of rotatable bonds is 5. The molecule has 4 heterocycles. The van der Waals surface area contributed by atoms with Crippen LogP contribution in [0, 0.1) is 11.8 Å². The van der Waals surface area contributed by atoms with Crippen molar-refractivity contribution in [3.8, 4) is 0 Å². The average molecular weight is 373 g/mol. The summed E-state index contributed by atoms with van der Waals surface area (Å²) in [6.07, 6.45) is 3.29. The smallest absolute Gasteiger partial charge is 0.273 e. The van der Waals surface area contributed by atoms with Gasteiger partial charge in [-0.1, -0.05) is 13.8 Å². The number of aromatic nitrogens is 1. The highest BCUT2D eigenvalue weighted by molar-refractivity contribution is 7.14. The molecule has 0 spiro atoms.